The van der Waals surface area contributed by atoms with Crippen LogP contribution in [-0.2, 0) is 11.2 Å². The summed E-state index contributed by atoms with van der Waals surface area (Å²) in [5.74, 6) is 1.07. The summed E-state index contributed by atoms with van der Waals surface area (Å²) in [4.78, 5) is 21.0. The highest BCUT2D eigenvalue weighted by Crippen LogP contribution is 2.30. The molecule has 5 nitrogen and oxygen atoms in total. The van der Waals surface area contributed by atoms with Crippen LogP contribution in [0, 0.1) is 0 Å². The first-order valence-corrected chi connectivity index (χ1v) is 9.58. The van der Waals surface area contributed by atoms with Gasteiger partial charge < -0.3 is 9.73 Å². The predicted molar refractivity (Wildman–Crippen MR) is 114 cm³/mol. The Balaban J connectivity index is 1.58. The minimum atomic E-state index is -0.113. The van der Waals surface area contributed by atoms with Crippen LogP contribution in [0.1, 0.15) is 12.2 Å². The van der Waals surface area contributed by atoms with Crippen molar-refractivity contribution in [1.29, 1.82) is 0 Å². The molecule has 1 N–H and O–H groups in total. The molecule has 0 saturated heterocycles. The first kappa shape index (κ1) is 18.9. The summed E-state index contributed by atoms with van der Waals surface area (Å²) in [7, 11) is 0. The molecule has 0 aliphatic carbocycles. The lowest BCUT2D eigenvalue weighted by molar-refractivity contribution is -0.116. The molecule has 144 valence electrons. The summed E-state index contributed by atoms with van der Waals surface area (Å²) in [6.07, 6.45) is 3.95. The minimum absolute atomic E-state index is 0.113. The molecule has 2 aromatic carbocycles. The van der Waals surface area contributed by atoms with Gasteiger partial charge in [0.2, 0.25) is 11.8 Å². The highest BCUT2D eigenvalue weighted by atomic mass is 35.5. The van der Waals surface area contributed by atoms with Crippen LogP contribution in [0.4, 0.5) is 5.69 Å². The van der Waals surface area contributed by atoms with Crippen molar-refractivity contribution >= 4 is 23.2 Å². The number of aryl methyl sites for hydroxylation is 1. The van der Waals surface area contributed by atoms with Crippen LogP contribution in [0.3, 0.4) is 0 Å². The standard InChI is InChI=1S/C23H18ClN3O2/c24-18-10-8-16(9-11-18)22-20(29-23(27-22)17-5-2-1-3-6-17)12-13-21(28)26-19-7-4-14-25-15-19/h1-11,14-15H,12-13H2,(H,26,28). The maximum absolute atomic E-state index is 12.3. The van der Waals surface area contributed by atoms with E-state index in [9.17, 15) is 4.79 Å². The molecule has 0 aliphatic heterocycles. The number of hydrogen-bond donors (Lipinski definition) is 1. The number of rotatable bonds is 6. The molecule has 0 aliphatic rings. The van der Waals surface area contributed by atoms with Crippen molar-refractivity contribution in [2.45, 2.75) is 12.8 Å². The fraction of sp³-hybridized carbons (Fsp3) is 0.0870. The van der Waals surface area contributed by atoms with Crippen molar-refractivity contribution in [1.82, 2.24) is 9.97 Å². The summed E-state index contributed by atoms with van der Waals surface area (Å²) in [6.45, 7) is 0. The predicted octanol–water partition coefficient (Wildman–Crippen LogP) is 5.63. The molecule has 0 radical (unpaired) electrons. The molecule has 0 unspecified atom stereocenters. The molecule has 0 fully saturated rings. The number of hydrogen-bond acceptors (Lipinski definition) is 4. The van der Waals surface area contributed by atoms with Gasteiger partial charge >= 0.3 is 0 Å². The number of oxazole rings is 1. The van der Waals surface area contributed by atoms with Gasteiger partial charge in [-0.05, 0) is 36.4 Å². The highest BCUT2D eigenvalue weighted by molar-refractivity contribution is 6.30. The van der Waals surface area contributed by atoms with Crippen LogP contribution < -0.4 is 5.32 Å². The van der Waals surface area contributed by atoms with Gasteiger partial charge in [-0.3, -0.25) is 9.78 Å². The van der Waals surface area contributed by atoms with E-state index in [-0.39, 0.29) is 12.3 Å². The Morgan fingerprint density at radius 2 is 1.76 bits per heavy atom. The van der Waals surface area contributed by atoms with Crippen molar-refractivity contribution < 1.29 is 9.21 Å². The fourth-order valence-corrected chi connectivity index (χ4v) is 3.07. The third-order valence-electron chi connectivity index (χ3n) is 4.36. The van der Waals surface area contributed by atoms with Crippen LogP contribution in [0.2, 0.25) is 5.02 Å². The number of amides is 1. The number of benzene rings is 2. The molecule has 0 saturated carbocycles. The third-order valence-corrected chi connectivity index (χ3v) is 4.61. The van der Waals surface area contributed by atoms with E-state index in [1.807, 2.05) is 54.6 Å². The smallest absolute Gasteiger partial charge is 0.226 e. The Morgan fingerprint density at radius 1 is 0.966 bits per heavy atom. The number of nitrogens with one attached hydrogen (secondary N) is 1. The Bertz CT molecular complexity index is 1090. The molecule has 0 spiro atoms. The second-order valence-corrected chi connectivity index (χ2v) is 6.89. The van der Waals surface area contributed by atoms with Crippen molar-refractivity contribution in [3.63, 3.8) is 0 Å². The number of anilines is 1. The lowest BCUT2D eigenvalue weighted by atomic mass is 10.1. The third kappa shape index (κ3) is 4.70. The van der Waals surface area contributed by atoms with Crippen LogP contribution in [0.25, 0.3) is 22.7 Å². The quantitative estimate of drug-likeness (QED) is 0.453. The fourth-order valence-electron chi connectivity index (χ4n) is 2.95. The lowest BCUT2D eigenvalue weighted by Crippen LogP contribution is -2.12. The molecule has 2 aromatic heterocycles. The number of carbonyl (C=O) groups is 1. The summed E-state index contributed by atoms with van der Waals surface area (Å²) in [6, 6.07) is 20.7. The Kier molecular flexibility index (Phi) is 5.68. The van der Waals surface area contributed by atoms with E-state index in [1.165, 1.54) is 0 Å². The molecular formula is C23H18ClN3O2. The van der Waals surface area contributed by atoms with E-state index in [0.29, 0.717) is 28.8 Å². The molecule has 1 amide bonds. The molecule has 6 heteroatoms. The van der Waals surface area contributed by atoms with Crippen LogP contribution in [-0.4, -0.2) is 15.9 Å². The van der Waals surface area contributed by atoms with Gasteiger partial charge in [-0.1, -0.05) is 41.9 Å². The second kappa shape index (κ2) is 8.71. The van der Waals surface area contributed by atoms with Gasteiger partial charge in [-0.25, -0.2) is 4.98 Å². The first-order chi connectivity index (χ1) is 14.2. The summed E-state index contributed by atoms with van der Waals surface area (Å²) >= 11 is 6.02. The largest absolute Gasteiger partial charge is 0.440 e. The maximum Gasteiger partial charge on any atom is 0.226 e. The summed E-state index contributed by atoms with van der Waals surface area (Å²) in [5.41, 5.74) is 3.16. The summed E-state index contributed by atoms with van der Waals surface area (Å²) in [5, 5.41) is 3.49. The lowest BCUT2D eigenvalue weighted by Gasteiger charge is -2.04. The van der Waals surface area contributed by atoms with Gasteiger partial charge in [0, 0.05) is 35.2 Å². The van der Waals surface area contributed by atoms with Crippen molar-refractivity contribution in [2.24, 2.45) is 0 Å². The zero-order chi connectivity index (χ0) is 20.1. The van der Waals surface area contributed by atoms with Crippen molar-refractivity contribution in [3.05, 3.63) is 89.9 Å². The van der Waals surface area contributed by atoms with E-state index in [1.54, 1.807) is 24.5 Å². The monoisotopic (exact) mass is 403 g/mol. The van der Waals surface area contributed by atoms with Crippen LogP contribution >= 0.6 is 11.6 Å². The zero-order valence-electron chi connectivity index (χ0n) is 15.5. The van der Waals surface area contributed by atoms with E-state index in [4.69, 9.17) is 21.0 Å². The number of nitrogens with zero attached hydrogens (tertiary/aromatic N) is 2. The molecule has 0 bridgehead atoms. The molecule has 4 rings (SSSR count). The zero-order valence-corrected chi connectivity index (χ0v) is 16.3. The molecule has 29 heavy (non-hydrogen) atoms. The van der Waals surface area contributed by atoms with Crippen molar-refractivity contribution in [2.75, 3.05) is 5.32 Å². The Morgan fingerprint density at radius 3 is 2.48 bits per heavy atom. The minimum Gasteiger partial charge on any atom is -0.440 e. The van der Waals surface area contributed by atoms with Crippen LogP contribution in [0.15, 0.2) is 83.5 Å². The SMILES string of the molecule is O=C(CCc1oc(-c2ccccc2)nc1-c1ccc(Cl)cc1)Nc1cccnc1. The van der Waals surface area contributed by atoms with Gasteiger partial charge in [0.15, 0.2) is 0 Å². The number of carbonyl (C=O) groups excluding carboxylic acids is 1. The van der Waals surface area contributed by atoms with Gasteiger partial charge in [0.05, 0.1) is 11.9 Å². The Labute approximate surface area is 173 Å². The molecule has 2 heterocycles. The van der Waals surface area contributed by atoms with Gasteiger partial charge in [-0.15, -0.1) is 0 Å². The topological polar surface area (TPSA) is 68.0 Å². The van der Waals surface area contributed by atoms with Gasteiger partial charge in [-0.2, -0.15) is 0 Å². The van der Waals surface area contributed by atoms with Gasteiger partial charge in [0.25, 0.3) is 0 Å². The molecule has 0 atom stereocenters. The van der Waals surface area contributed by atoms with E-state index < -0.39 is 0 Å². The summed E-state index contributed by atoms with van der Waals surface area (Å²) < 4.78 is 6.05. The highest BCUT2D eigenvalue weighted by Gasteiger charge is 2.17. The number of aromatic nitrogens is 2. The normalized spacial score (nSPS) is 10.7. The molecular weight excluding hydrogens is 386 g/mol. The first-order valence-electron chi connectivity index (χ1n) is 9.20. The van der Waals surface area contributed by atoms with E-state index in [0.717, 1.165) is 16.8 Å². The van der Waals surface area contributed by atoms with Gasteiger partial charge in [0.1, 0.15) is 11.5 Å². The van der Waals surface area contributed by atoms with Crippen molar-refractivity contribution in [3.8, 4) is 22.7 Å². The average molecular weight is 404 g/mol. The average Bonchev–Trinajstić information content (AvgIpc) is 3.18. The van der Waals surface area contributed by atoms with E-state index in [2.05, 4.69) is 10.3 Å². The second-order valence-electron chi connectivity index (χ2n) is 6.45. The molecule has 4 aromatic rings. The maximum atomic E-state index is 12.3. The van der Waals surface area contributed by atoms with E-state index >= 15 is 0 Å². The number of pyridine rings is 1. The number of halogens is 1. The van der Waals surface area contributed by atoms with Crippen LogP contribution in [0.5, 0.6) is 0 Å². The Hall–Kier alpha value is -3.44.